The number of carboxylic acids is 1. The first-order chi connectivity index (χ1) is 8.49. The fourth-order valence-corrected chi connectivity index (χ4v) is 1.66. The van der Waals surface area contributed by atoms with Crippen LogP contribution in [0.1, 0.15) is 18.1 Å². The summed E-state index contributed by atoms with van der Waals surface area (Å²) in [5, 5.41) is 21.4. The van der Waals surface area contributed by atoms with E-state index >= 15 is 0 Å². The molecule has 0 aliphatic rings. The van der Waals surface area contributed by atoms with Gasteiger partial charge in [0.15, 0.2) is 11.6 Å². The SMILES string of the molecule is CNC(CC(=O)O)C(O)c1ccc(OC)c(F)c1. The average Bonchev–Trinajstić information content (AvgIpc) is 2.34. The highest BCUT2D eigenvalue weighted by atomic mass is 19.1. The molecule has 2 atom stereocenters. The molecule has 18 heavy (non-hydrogen) atoms. The number of ether oxygens (including phenoxy) is 1. The van der Waals surface area contributed by atoms with Crippen LogP contribution in [0, 0.1) is 5.82 Å². The van der Waals surface area contributed by atoms with Gasteiger partial charge >= 0.3 is 5.97 Å². The highest BCUT2D eigenvalue weighted by Gasteiger charge is 2.22. The molecule has 0 amide bonds. The van der Waals surface area contributed by atoms with E-state index in [0.717, 1.165) is 6.07 Å². The molecule has 5 nitrogen and oxygen atoms in total. The monoisotopic (exact) mass is 257 g/mol. The van der Waals surface area contributed by atoms with E-state index in [9.17, 15) is 14.3 Å². The summed E-state index contributed by atoms with van der Waals surface area (Å²) in [6, 6.07) is 3.34. The van der Waals surface area contributed by atoms with E-state index in [1.807, 2.05) is 0 Å². The number of rotatable bonds is 6. The number of hydrogen-bond acceptors (Lipinski definition) is 4. The molecule has 0 fully saturated rings. The minimum Gasteiger partial charge on any atom is -0.494 e. The zero-order valence-electron chi connectivity index (χ0n) is 10.2. The maximum Gasteiger partial charge on any atom is 0.305 e. The molecule has 6 heteroatoms. The lowest BCUT2D eigenvalue weighted by atomic mass is 9.99. The van der Waals surface area contributed by atoms with Gasteiger partial charge in [-0.2, -0.15) is 0 Å². The Kier molecular flexibility index (Phi) is 5.06. The Bertz CT molecular complexity index is 425. The Balaban J connectivity index is 2.91. The van der Waals surface area contributed by atoms with Crippen LogP contribution in [0.15, 0.2) is 18.2 Å². The van der Waals surface area contributed by atoms with Crippen LogP contribution in [-0.2, 0) is 4.79 Å². The van der Waals surface area contributed by atoms with E-state index in [-0.39, 0.29) is 12.2 Å². The average molecular weight is 257 g/mol. The Morgan fingerprint density at radius 2 is 2.22 bits per heavy atom. The van der Waals surface area contributed by atoms with Crippen molar-refractivity contribution < 1.29 is 24.1 Å². The van der Waals surface area contributed by atoms with Gasteiger partial charge in [0.1, 0.15) is 0 Å². The third-order valence-electron chi connectivity index (χ3n) is 2.66. The molecule has 0 saturated carbocycles. The van der Waals surface area contributed by atoms with Gasteiger partial charge in [-0.25, -0.2) is 4.39 Å². The fraction of sp³-hybridized carbons (Fsp3) is 0.417. The summed E-state index contributed by atoms with van der Waals surface area (Å²) in [5.41, 5.74) is 0.300. The Hall–Kier alpha value is -1.66. The molecule has 2 unspecified atom stereocenters. The lowest BCUT2D eigenvalue weighted by molar-refractivity contribution is -0.138. The van der Waals surface area contributed by atoms with E-state index < -0.39 is 23.9 Å². The van der Waals surface area contributed by atoms with Gasteiger partial charge in [0.25, 0.3) is 0 Å². The quantitative estimate of drug-likeness (QED) is 0.706. The number of nitrogens with one attached hydrogen (secondary N) is 1. The topological polar surface area (TPSA) is 78.8 Å². The van der Waals surface area contributed by atoms with Crippen molar-refractivity contribution in [3.8, 4) is 5.75 Å². The maximum atomic E-state index is 13.5. The number of likely N-dealkylation sites (N-methyl/N-ethyl adjacent to an activating group) is 1. The van der Waals surface area contributed by atoms with Gasteiger partial charge in [-0.1, -0.05) is 6.07 Å². The second kappa shape index (κ2) is 6.32. The molecule has 0 aliphatic carbocycles. The highest BCUT2D eigenvalue weighted by Crippen LogP contribution is 2.24. The summed E-state index contributed by atoms with van der Waals surface area (Å²) in [4.78, 5) is 10.6. The lowest BCUT2D eigenvalue weighted by Gasteiger charge is -2.21. The number of carboxylic acid groups (broad SMARTS) is 1. The fourth-order valence-electron chi connectivity index (χ4n) is 1.66. The molecule has 0 saturated heterocycles. The molecule has 0 spiro atoms. The number of carbonyl (C=O) groups is 1. The highest BCUT2D eigenvalue weighted by molar-refractivity contribution is 5.67. The zero-order chi connectivity index (χ0) is 13.7. The standard InChI is InChI=1S/C12H16FNO4/c1-14-9(6-11(15)16)12(17)7-3-4-10(18-2)8(13)5-7/h3-5,9,12,14,17H,6H2,1-2H3,(H,15,16). The van der Waals surface area contributed by atoms with Gasteiger partial charge in [-0.3, -0.25) is 4.79 Å². The Morgan fingerprint density at radius 1 is 1.56 bits per heavy atom. The van der Waals surface area contributed by atoms with Crippen LogP contribution in [0.25, 0.3) is 0 Å². The first-order valence-corrected chi connectivity index (χ1v) is 5.40. The van der Waals surface area contributed by atoms with Crippen molar-refractivity contribution in [3.63, 3.8) is 0 Å². The number of halogens is 1. The van der Waals surface area contributed by atoms with Crippen LogP contribution < -0.4 is 10.1 Å². The summed E-state index contributed by atoms with van der Waals surface area (Å²) in [5.74, 6) is -1.56. The molecule has 3 N–H and O–H groups in total. The number of hydrogen-bond donors (Lipinski definition) is 3. The summed E-state index contributed by atoms with van der Waals surface area (Å²) in [6.07, 6.45) is -1.36. The van der Waals surface area contributed by atoms with E-state index in [1.54, 1.807) is 0 Å². The molecule has 0 aromatic heterocycles. The van der Waals surface area contributed by atoms with Gasteiger partial charge in [-0.15, -0.1) is 0 Å². The minimum absolute atomic E-state index is 0.0743. The van der Waals surface area contributed by atoms with Crippen molar-refractivity contribution in [2.24, 2.45) is 0 Å². The molecule has 0 radical (unpaired) electrons. The number of methoxy groups -OCH3 is 1. The first-order valence-electron chi connectivity index (χ1n) is 5.40. The smallest absolute Gasteiger partial charge is 0.305 e. The Morgan fingerprint density at radius 3 is 2.67 bits per heavy atom. The molecule has 0 heterocycles. The molecule has 0 aliphatic heterocycles. The molecule has 1 aromatic carbocycles. The number of aliphatic carboxylic acids is 1. The number of aliphatic hydroxyl groups excluding tert-OH is 1. The predicted octanol–water partition coefficient (Wildman–Crippen LogP) is 0.930. The van der Waals surface area contributed by atoms with Crippen molar-refractivity contribution >= 4 is 5.97 Å². The second-order valence-corrected chi connectivity index (χ2v) is 3.83. The number of benzene rings is 1. The lowest BCUT2D eigenvalue weighted by Crippen LogP contribution is -2.34. The molecular weight excluding hydrogens is 241 g/mol. The van der Waals surface area contributed by atoms with Crippen LogP contribution in [0.2, 0.25) is 0 Å². The first kappa shape index (κ1) is 14.4. The van der Waals surface area contributed by atoms with E-state index in [0.29, 0.717) is 5.56 Å². The predicted molar refractivity (Wildman–Crippen MR) is 63.0 cm³/mol. The second-order valence-electron chi connectivity index (χ2n) is 3.83. The summed E-state index contributed by atoms with van der Waals surface area (Å²) in [6.45, 7) is 0. The van der Waals surface area contributed by atoms with Crippen LogP contribution in [0.5, 0.6) is 5.75 Å². The van der Waals surface area contributed by atoms with Gasteiger partial charge in [0.2, 0.25) is 0 Å². The minimum atomic E-state index is -1.11. The van der Waals surface area contributed by atoms with Gasteiger partial charge < -0.3 is 20.3 Å². The van der Waals surface area contributed by atoms with Crippen molar-refractivity contribution in [2.75, 3.05) is 14.2 Å². The van der Waals surface area contributed by atoms with Crippen molar-refractivity contribution in [1.82, 2.24) is 5.32 Å². The molecule has 1 aromatic rings. The molecule has 100 valence electrons. The number of aliphatic hydroxyl groups is 1. The molecular formula is C12H16FNO4. The van der Waals surface area contributed by atoms with Crippen molar-refractivity contribution in [3.05, 3.63) is 29.6 Å². The van der Waals surface area contributed by atoms with Crippen LogP contribution in [-0.4, -0.2) is 36.4 Å². The largest absolute Gasteiger partial charge is 0.494 e. The summed E-state index contributed by atoms with van der Waals surface area (Å²) in [7, 11) is 2.88. The summed E-state index contributed by atoms with van der Waals surface area (Å²) >= 11 is 0. The van der Waals surface area contributed by atoms with Crippen molar-refractivity contribution in [1.29, 1.82) is 0 Å². The van der Waals surface area contributed by atoms with Crippen LogP contribution in [0.3, 0.4) is 0 Å². The maximum absolute atomic E-state index is 13.5. The van der Waals surface area contributed by atoms with Crippen LogP contribution in [0.4, 0.5) is 4.39 Å². The third-order valence-corrected chi connectivity index (χ3v) is 2.66. The summed E-state index contributed by atoms with van der Waals surface area (Å²) < 4.78 is 18.2. The van der Waals surface area contributed by atoms with E-state index in [1.165, 1.54) is 26.3 Å². The normalized spacial score (nSPS) is 14.0. The van der Waals surface area contributed by atoms with Gasteiger partial charge in [-0.05, 0) is 24.7 Å². The molecule has 0 bridgehead atoms. The molecule has 1 rings (SSSR count). The Labute approximate surface area is 104 Å². The van der Waals surface area contributed by atoms with Gasteiger partial charge in [0.05, 0.1) is 19.6 Å². The third kappa shape index (κ3) is 3.41. The van der Waals surface area contributed by atoms with E-state index in [4.69, 9.17) is 9.84 Å². The van der Waals surface area contributed by atoms with E-state index in [2.05, 4.69) is 5.32 Å². The van der Waals surface area contributed by atoms with Gasteiger partial charge in [0, 0.05) is 6.04 Å². The van der Waals surface area contributed by atoms with Crippen molar-refractivity contribution in [2.45, 2.75) is 18.6 Å². The van der Waals surface area contributed by atoms with Crippen LogP contribution >= 0.6 is 0 Å². The zero-order valence-corrected chi connectivity index (χ0v) is 10.2.